The molecule has 0 spiro atoms. The molecule has 0 fully saturated rings. The first-order valence-electron chi connectivity index (χ1n) is 5.69. The van der Waals surface area contributed by atoms with E-state index in [0.29, 0.717) is 0 Å². The van der Waals surface area contributed by atoms with Crippen LogP contribution in [0.4, 0.5) is 5.69 Å². The summed E-state index contributed by atoms with van der Waals surface area (Å²) in [5.41, 5.74) is 9.29. The standard InChI is InChI=1S/C16H13N.O.Zn/c17-16-11-5-9-14-13(8-4-10-15(14)16)12-6-2-1-3-7-12;;/h1-11H,17H2;;/q;-2;+2. The van der Waals surface area contributed by atoms with Gasteiger partial charge in [-0.25, -0.2) is 0 Å². The Labute approximate surface area is 125 Å². The van der Waals surface area contributed by atoms with Gasteiger partial charge in [0.15, 0.2) is 0 Å². The van der Waals surface area contributed by atoms with Gasteiger partial charge in [0, 0.05) is 11.1 Å². The minimum Gasteiger partial charge on any atom is -2.00 e. The fourth-order valence-corrected chi connectivity index (χ4v) is 2.20. The Bertz CT molecular complexity index is 668. The molecule has 0 bridgehead atoms. The monoisotopic (exact) mass is 299 g/mol. The second kappa shape index (κ2) is 6.46. The van der Waals surface area contributed by atoms with Crippen LogP contribution in [0.15, 0.2) is 66.7 Å². The number of rotatable bonds is 1. The Morgan fingerprint density at radius 1 is 0.632 bits per heavy atom. The molecule has 0 saturated carbocycles. The van der Waals surface area contributed by atoms with Crippen molar-refractivity contribution in [1.29, 1.82) is 0 Å². The number of fused-ring (bicyclic) bond motifs is 1. The van der Waals surface area contributed by atoms with E-state index in [4.69, 9.17) is 5.73 Å². The van der Waals surface area contributed by atoms with Crippen LogP contribution in [0.3, 0.4) is 0 Å². The van der Waals surface area contributed by atoms with Crippen molar-refractivity contribution in [2.75, 3.05) is 5.73 Å². The van der Waals surface area contributed by atoms with Gasteiger partial charge >= 0.3 is 19.5 Å². The van der Waals surface area contributed by atoms with Gasteiger partial charge in [-0.2, -0.15) is 0 Å². The van der Waals surface area contributed by atoms with E-state index in [-0.39, 0.29) is 25.0 Å². The Morgan fingerprint density at radius 3 is 2.00 bits per heavy atom. The third-order valence-electron chi connectivity index (χ3n) is 3.04. The second-order valence-electron chi connectivity index (χ2n) is 4.11. The zero-order chi connectivity index (χ0) is 11.7. The molecule has 90 valence electrons. The van der Waals surface area contributed by atoms with E-state index in [1.165, 1.54) is 16.5 Å². The van der Waals surface area contributed by atoms with E-state index in [9.17, 15) is 0 Å². The smallest absolute Gasteiger partial charge is 2.00 e. The topological polar surface area (TPSA) is 54.5 Å². The van der Waals surface area contributed by atoms with Crippen LogP contribution >= 0.6 is 0 Å². The molecule has 3 rings (SSSR count). The van der Waals surface area contributed by atoms with E-state index in [2.05, 4.69) is 48.5 Å². The van der Waals surface area contributed by atoms with Gasteiger partial charge in [0.2, 0.25) is 0 Å². The van der Waals surface area contributed by atoms with Crippen LogP contribution in [0.25, 0.3) is 21.9 Å². The average Bonchev–Trinajstić information content (AvgIpc) is 2.40. The maximum atomic E-state index is 6.00. The maximum absolute atomic E-state index is 6.00. The third-order valence-corrected chi connectivity index (χ3v) is 3.04. The predicted octanol–water partition coefficient (Wildman–Crippen LogP) is 3.97. The summed E-state index contributed by atoms with van der Waals surface area (Å²) in [6.45, 7) is 0. The molecule has 3 heteroatoms. The van der Waals surface area contributed by atoms with Crippen LogP contribution in [0.1, 0.15) is 0 Å². The first kappa shape index (κ1) is 15.4. The number of nitrogens with two attached hydrogens (primary N) is 1. The largest absolute Gasteiger partial charge is 2.00 e. The summed E-state index contributed by atoms with van der Waals surface area (Å²) in [5, 5.41) is 2.33. The molecule has 0 heterocycles. The zero-order valence-corrected chi connectivity index (χ0v) is 13.5. The molecule has 0 aromatic heterocycles. The van der Waals surface area contributed by atoms with Crippen molar-refractivity contribution in [1.82, 2.24) is 0 Å². The van der Waals surface area contributed by atoms with Crippen LogP contribution in [0.2, 0.25) is 0 Å². The van der Waals surface area contributed by atoms with E-state index in [1.807, 2.05) is 18.2 Å². The van der Waals surface area contributed by atoms with Crippen molar-refractivity contribution in [3.05, 3.63) is 66.7 Å². The summed E-state index contributed by atoms with van der Waals surface area (Å²) in [5.74, 6) is 0. The van der Waals surface area contributed by atoms with Crippen molar-refractivity contribution in [3.63, 3.8) is 0 Å². The molecule has 2 nitrogen and oxygen atoms in total. The van der Waals surface area contributed by atoms with Gasteiger partial charge in [-0.15, -0.1) is 0 Å². The molecule has 0 atom stereocenters. The average molecular weight is 301 g/mol. The normalized spacial score (nSPS) is 9.47. The van der Waals surface area contributed by atoms with Crippen molar-refractivity contribution in [2.45, 2.75) is 0 Å². The number of hydrogen-bond acceptors (Lipinski definition) is 1. The Hall–Kier alpha value is -1.70. The van der Waals surface area contributed by atoms with Crippen LogP contribution in [0, 0.1) is 0 Å². The van der Waals surface area contributed by atoms with Crippen LogP contribution in [-0.4, -0.2) is 0 Å². The summed E-state index contributed by atoms with van der Waals surface area (Å²) in [6.07, 6.45) is 0. The number of nitrogen functional groups attached to an aromatic ring is 1. The molecule has 0 amide bonds. The zero-order valence-electron chi connectivity index (χ0n) is 10.5. The van der Waals surface area contributed by atoms with Crippen LogP contribution in [-0.2, 0) is 25.0 Å². The van der Waals surface area contributed by atoms with Gasteiger partial charge in [-0.05, 0) is 22.6 Å². The van der Waals surface area contributed by atoms with Crippen LogP contribution < -0.4 is 5.73 Å². The van der Waals surface area contributed by atoms with Crippen LogP contribution in [0.5, 0.6) is 0 Å². The Kier molecular flexibility index (Phi) is 5.23. The first-order valence-corrected chi connectivity index (χ1v) is 5.69. The predicted molar refractivity (Wildman–Crippen MR) is 74.5 cm³/mol. The summed E-state index contributed by atoms with van der Waals surface area (Å²) < 4.78 is 0. The van der Waals surface area contributed by atoms with E-state index < -0.39 is 0 Å². The summed E-state index contributed by atoms with van der Waals surface area (Å²) in [4.78, 5) is 0. The van der Waals surface area contributed by atoms with E-state index >= 15 is 0 Å². The molecule has 0 radical (unpaired) electrons. The van der Waals surface area contributed by atoms with Gasteiger partial charge < -0.3 is 11.2 Å². The number of benzene rings is 3. The van der Waals surface area contributed by atoms with Gasteiger partial charge in [-0.1, -0.05) is 60.7 Å². The molecule has 3 aromatic rings. The SMILES string of the molecule is Nc1cccc2c(-c3ccccc3)cccc12.[O-2].[Zn+2]. The molecule has 0 unspecified atom stereocenters. The summed E-state index contributed by atoms with van der Waals surface area (Å²) in [7, 11) is 0. The second-order valence-corrected chi connectivity index (χ2v) is 4.11. The first-order chi connectivity index (χ1) is 8.36. The van der Waals surface area contributed by atoms with Gasteiger partial charge in [0.1, 0.15) is 0 Å². The molecule has 19 heavy (non-hydrogen) atoms. The summed E-state index contributed by atoms with van der Waals surface area (Å²) >= 11 is 0. The Morgan fingerprint density at radius 2 is 1.26 bits per heavy atom. The number of hydrogen-bond donors (Lipinski definition) is 1. The molecule has 0 aliphatic carbocycles. The molecule has 0 aliphatic heterocycles. The molecule has 2 N–H and O–H groups in total. The van der Waals surface area contributed by atoms with E-state index in [1.54, 1.807) is 0 Å². The quantitative estimate of drug-likeness (QED) is 0.536. The molecule has 3 aromatic carbocycles. The Balaban J connectivity index is 0.000000902. The van der Waals surface area contributed by atoms with Crippen molar-refractivity contribution >= 4 is 16.5 Å². The molecule has 0 aliphatic rings. The maximum Gasteiger partial charge on any atom is 2.00 e. The van der Waals surface area contributed by atoms with Crippen molar-refractivity contribution in [2.24, 2.45) is 0 Å². The minimum atomic E-state index is 0. The van der Waals surface area contributed by atoms with Gasteiger partial charge in [0.25, 0.3) is 0 Å². The number of anilines is 1. The van der Waals surface area contributed by atoms with Crippen molar-refractivity contribution in [3.8, 4) is 11.1 Å². The third kappa shape index (κ3) is 2.83. The minimum absolute atomic E-state index is 0. The van der Waals surface area contributed by atoms with Gasteiger partial charge in [-0.3, -0.25) is 0 Å². The molecular weight excluding hydrogens is 288 g/mol. The van der Waals surface area contributed by atoms with Gasteiger partial charge in [0.05, 0.1) is 0 Å². The van der Waals surface area contributed by atoms with E-state index in [0.717, 1.165) is 11.1 Å². The fourth-order valence-electron chi connectivity index (χ4n) is 2.20. The summed E-state index contributed by atoms with van der Waals surface area (Å²) in [6, 6.07) is 22.7. The molecular formula is C16H13NOZn. The molecule has 0 saturated heterocycles. The van der Waals surface area contributed by atoms with Crippen molar-refractivity contribution < 1.29 is 25.0 Å². The fraction of sp³-hybridized carbons (Fsp3) is 0.